The molecule has 2 aromatic carbocycles. The van der Waals surface area contributed by atoms with Crippen LogP contribution in [0.25, 0.3) is 10.2 Å². The molecular formula is C15H14N2S2. The maximum atomic E-state index is 4.70. The average molecular weight is 286 g/mol. The van der Waals surface area contributed by atoms with Crippen LogP contribution in [0.2, 0.25) is 0 Å². The van der Waals surface area contributed by atoms with Gasteiger partial charge in [-0.05, 0) is 43.0 Å². The van der Waals surface area contributed by atoms with Crippen LogP contribution in [0.1, 0.15) is 5.56 Å². The number of benzene rings is 2. The molecule has 0 bridgehead atoms. The Bertz CT molecular complexity index is 719. The van der Waals surface area contributed by atoms with E-state index < -0.39 is 0 Å². The van der Waals surface area contributed by atoms with Crippen molar-refractivity contribution in [3.63, 3.8) is 0 Å². The summed E-state index contributed by atoms with van der Waals surface area (Å²) in [5.41, 5.74) is 3.43. The van der Waals surface area contributed by atoms with Crippen LogP contribution in [0.3, 0.4) is 0 Å². The third-order valence-corrected chi connectivity index (χ3v) is 4.58. The molecule has 0 saturated carbocycles. The van der Waals surface area contributed by atoms with Crippen LogP contribution in [0.15, 0.2) is 47.4 Å². The number of thiazole rings is 1. The molecule has 0 unspecified atom stereocenters. The van der Waals surface area contributed by atoms with Crippen LogP contribution >= 0.6 is 23.1 Å². The lowest BCUT2D eigenvalue weighted by molar-refractivity contribution is 1.38. The molecule has 19 heavy (non-hydrogen) atoms. The minimum absolute atomic E-state index is 0.946. The zero-order valence-corrected chi connectivity index (χ0v) is 12.4. The number of thioether (sulfide) groups is 1. The Kier molecular flexibility index (Phi) is 3.44. The van der Waals surface area contributed by atoms with E-state index in [-0.39, 0.29) is 0 Å². The van der Waals surface area contributed by atoms with Gasteiger partial charge in [-0.3, -0.25) is 0 Å². The predicted octanol–water partition coefficient (Wildman–Crippen LogP) is 5.07. The monoisotopic (exact) mass is 286 g/mol. The van der Waals surface area contributed by atoms with Crippen molar-refractivity contribution >= 4 is 44.1 Å². The molecule has 0 aliphatic heterocycles. The second-order valence-corrected chi connectivity index (χ2v) is 6.20. The maximum absolute atomic E-state index is 4.70. The number of aromatic nitrogens is 1. The van der Waals surface area contributed by atoms with E-state index in [0.717, 1.165) is 16.3 Å². The standard InChI is InChI=1S/C15H14N2S2/c1-10-5-3-6-11(9-10)16-15-17-14-12(18-2)7-4-8-13(14)19-15/h3-9H,1-2H3,(H,16,17). The summed E-state index contributed by atoms with van der Waals surface area (Å²) in [6.07, 6.45) is 2.09. The molecule has 2 nitrogen and oxygen atoms in total. The van der Waals surface area contributed by atoms with Gasteiger partial charge < -0.3 is 5.32 Å². The van der Waals surface area contributed by atoms with Crippen LogP contribution in [0, 0.1) is 6.92 Å². The number of para-hydroxylation sites is 1. The van der Waals surface area contributed by atoms with Gasteiger partial charge in [0.25, 0.3) is 0 Å². The maximum Gasteiger partial charge on any atom is 0.188 e. The van der Waals surface area contributed by atoms with Crippen molar-refractivity contribution in [3.05, 3.63) is 48.0 Å². The number of fused-ring (bicyclic) bond motifs is 1. The van der Waals surface area contributed by atoms with Crippen molar-refractivity contribution in [1.82, 2.24) is 4.98 Å². The van der Waals surface area contributed by atoms with E-state index in [2.05, 4.69) is 61.0 Å². The summed E-state index contributed by atoms with van der Waals surface area (Å²) in [6.45, 7) is 2.09. The molecule has 3 rings (SSSR count). The second kappa shape index (κ2) is 5.23. The Labute approximate surface area is 120 Å². The van der Waals surface area contributed by atoms with Crippen molar-refractivity contribution in [2.24, 2.45) is 0 Å². The second-order valence-electron chi connectivity index (χ2n) is 4.32. The zero-order chi connectivity index (χ0) is 13.2. The first-order chi connectivity index (χ1) is 9.26. The van der Waals surface area contributed by atoms with Crippen molar-refractivity contribution in [2.45, 2.75) is 11.8 Å². The highest BCUT2D eigenvalue weighted by Gasteiger charge is 2.07. The number of nitrogens with one attached hydrogen (secondary N) is 1. The van der Waals surface area contributed by atoms with Crippen LogP contribution < -0.4 is 5.32 Å². The zero-order valence-electron chi connectivity index (χ0n) is 10.8. The Morgan fingerprint density at radius 2 is 2.00 bits per heavy atom. The van der Waals surface area contributed by atoms with Gasteiger partial charge >= 0.3 is 0 Å². The van der Waals surface area contributed by atoms with E-state index in [0.29, 0.717) is 0 Å². The number of anilines is 2. The fourth-order valence-electron chi connectivity index (χ4n) is 1.99. The molecule has 0 saturated heterocycles. The summed E-state index contributed by atoms with van der Waals surface area (Å²) >= 11 is 3.43. The molecule has 0 radical (unpaired) electrons. The number of nitrogens with zero attached hydrogens (tertiary/aromatic N) is 1. The SMILES string of the molecule is CSc1cccc2sc(Nc3cccc(C)c3)nc12. The molecule has 0 fully saturated rings. The van der Waals surface area contributed by atoms with E-state index in [1.54, 1.807) is 23.1 Å². The molecule has 0 aliphatic carbocycles. The Hall–Kier alpha value is -1.52. The highest BCUT2D eigenvalue weighted by Crippen LogP contribution is 2.33. The van der Waals surface area contributed by atoms with Crippen LogP contribution in [-0.4, -0.2) is 11.2 Å². The topological polar surface area (TPSA) is 24.9 Å². The lowest BCUT2D eigenvalue weighted by atomic mass is 10.2. The largest absolute Gasteiger partial charge is 0.332 e. The van der Waals surface area contributed by atoms with E-state index >= 15 is 0 Å². The lowest BCUT2D eigenvalue weighted by Crippen LogP contribution is -1.89. The van der Waals surface area contributed by atoms with Crippen LogP contribution in [0.5, 0.6) is 0 Å². The number of hydrogen-bond donors (Lipinski definition) is 1. The molecule has 96 valence electrons. The molecule has 0 atom stereocenters. The fourth-order valence-corrected chi connectivity index (χ4v) is 3.53. The molecule has 0 spiro atoms. The fraction of sp³-hybridized carbons (Fsp3) is 0.133. The molecule has 4 heteroatoms. The van der Waals surface area contributed by atoms with Gasteiger partial charge in [0.1, 0.15) is 0 Å². The van der Waals surface area contributed by atoms with Gasteiger partial charge in [-0.15, -0.1) is 11.8 Å². The summed E-state index contributed by atoms with van der Waals surface area (Å²) in [7, 11) is 0. The average Bonchev–Trinajstić information content (AvgIpc) is 2.80. The van der Waals surface area contributed by atoms with Crippen molar-refractivity contribution in [2.75, 3.05) is 11.6 Å². The molecule has 1 heterocycles. The first kappa shape index (κ1) is 12.5. The van der Waals surface area contributed by atoms with Gasteiger partial charge in [-0.2, -0.15) is 0 Å². The summed E-state index contributed by atoms with van der Waals surface area (Å²) in [4.78, 5) is 5.92. The minimum Gasteiger partial charge on any atom is -0.332 e. The molecule has 0 aliphatic rings. The van der Waals surface area contributed by atoms with Crippen molar-refractivity contribution in [3.8, 4) is 0 Å². The van der Waals surface area contributed by atoms with Gasteiger partial charge in [0.05, 0.1) is 10.2 Å². The van der Waals surface area contributed by atoms with Crippen molar-refractivity contribution < 1.29 is 0 Å². The quantitative estimate of drug-likeness (QED) is 0.680. The number of hydrogen-bond acceptors (Lipinski definition) is 4. The van der Waals surface area contributed by atoms with E-state index in [1.807, 2.05) is 0 Å². The van der Waals surface area contributed by atoms with Gasteiger partial charge in [-0.25, -0.2) is 4.98 Å². The normalized spacial score (nSPS) is 10.8. The smallest absolute Gasteiger partial charge is 0.188 e. The summed E-state index contributed by atoms with van der Waals surface area (Å²) in [5, 5.41) is 4.33. The summed E-state index contributed by atoms with van der Waals surface area (Å²) < 4.78 is 1.22. The van der Waals surface area contributed by atoms with Crippen molar-refractivity contribution in [1.29, 1.82) is 0 Å². The molecule has 1 N–H and O–H groups in total. The van der Waals surface area contributed by atoms with Crippen LogP contribution in [0.4, 0.5) is 10.8 Å². The van der Waals surface area contributed by atoms with Gasteiger partial charge in [0.15, 0.2) is 5.13 Å². The molecule has 3 aromatic rings. The van der Waals surface area contributed by atoms with Gasteiger partial charge in [-0.1, -0.05) is 29.5 Å². The van der Waals surface area contributed by atoms with Gasteiger partial charge in [0, 0.05) is 10.6 Å². The Balaban J connectivity index is 1.98. The molecule has 1 aromatic heterocycles. The van der Waals surface area contributed by atoms with Gasteiger partial charge in [0.2, 0.25) is 0 Å². The number of rotatable bonds is 3. The molecule has 0 amide bonds. The highest BCUT2D eigenvalue weighted by atomic mass is 32.2. The first-order valence-electron chi connectivity index (χ1n) is 6.03. The van der Waals surface area contributed by atoms with E-state index in [4.69, 9.17) is 4.98 Å². The Morgan fingerprint density at radius 1 is 1.16 bits per heavy atom. The van der Waals surface area contributed by atoms with E-state index in [9.17, 15) is 0 Å². The number of aryl methyl sites for hydroxylation is 1. The highest BCUT2D eigenvalue weighted by molar-refractivity contribution is 7.98. The minimum atomic E-state index is 0.946. The summed E-state index contributed by atoms with van der Waals surface area (Å²) in [6, 6.07) is 14.7. The predicted molar refractivity (Wildman–Crippen MR) is 85.9 cm³/mol. The Morgan fingerprint density at radius 3 is 2.79 bits per heavy atom. The third-order valence-electron chi connectivity index (χ3n) is 2.87. The lowest BCUT2D eigenvalue weighted by Gasteiger charge is -2.02. The molecular weight excluding hydrogens is 272 g/mol. The summed E-state index contributed by atoms with van der Waals surface area (Å²) in [5.74, 6) is 0. The first-order valence-corrected chi connectivity index (χ1v) is 8.07. The van der Waals surface area contributed by atoms with Crippen LogP contribution in [-0.2, 0) is 0 Å². The van der Waals surface area contributed by atoms with E-state index in [1.165, 1.54) is 15.2 Å². The third kappa shape index (κ3) is 2.60.